The van der Waals surface area contributed by atoms with Gasteiger partial charge in [0, 0.05) is 16.4 Å². The zero-order valence-electron chi connectivity index (χ0n) is 8.03. The van der Waals surface area contributed by atoms with Crippen molar-refractivity contribution in [3.05, 3.63) is 10.9 Å². The molecule has 0 unspecified atom stereocenters. The predicted molar refractivity (Wildman–Crippen MR) is 52.2 cm³/mol. The lowest BCUT2D eigenvalue weighted by Crippen LogP contribution is -2.15. The standard InChI is InChI=1S/C9H13NO2S/c1-9(2,6-11)5-7-4-8(12-3)10-13-7/h4,6H,5H2,1-3H3. The van der Waals surface area contributed by atoms with Crippen LogP contribution in [0.15, 0.2) is 6.07 Å². The maximum absolute atomic E-state index is 10.7. The Labute approximate surface area is 81.9 Å². The highest BCUT2D eigenvalue weighted by atomic mass is 32.1. The van der Waals surface area contributed by atoms with Gasteiger partial charge in [0.15, 0.2) is 0 Å². The largest absolute Gasteiger partial charge is 0.480 e. The van der Waals surface area contributed by atoms with Crippen LogP contribution in [0, 0.1) is 5.41 Å². The molecule has 4 heteroatoms. The quantitative estimate of drug-likeness (QED) is 0.695. The van der Waals surface area contributed by atoms with Gasteiger partial charge in [-0.15, -0.1) is 0 Å². The number of carbonyl (C=O) groups excluding carboxylic acids is 1. The minimum Gasteiger partial charge on any atom is -0.480 e. The first-order chi connectivity index (χ1) is 6.07. The van der Waals surface area contributed by atoms with Crippen molar-refractivity contribution in [2.24, 2.45) is 5.41 Å². The number of aldehydes is 1. The van der Waals surface area contributed by atoms with E-state index >= 15 is 0 Å². The van der Waals surface area contributed by atoms with Gasteiger partial charge in [0.25, 0.3) is 0 Å². The molecule has 0 aromatic carbocycles. The third kappa shape index (κ3) is 2.81. The van der Waals surface area contributed by atoms with E-state index in [2.05, 4.69) is 4.37 Å². The van der Waals surface area contributed by atoms with Crippen molar-refractivity contribution in [2.75, 3.05) is 7.11 Å². The van der Waals surface area contributed by atoms with Gasteiger partial charge in [0.1, 0.15) is 6.29 Å². The Kier molecular flexibility index (Phi) is 3.03. The Morgan fingerprint density at radius 3 is 2.85 bits per heavy atom. The monoisotopic (exact) mass is 199 g/mol. The van der Waals surface area contributed by atoms with Gasteiger partial charge in [0.05, 0.1) is 7.11 Å². The molecule has 0 radical (unpaired) electrons. The molecular formula is C9H13NO2S. The van der Waals surface area contributed by atoms with Crippen molar-refractivity contribution in [1.29, 1.82) is 0 Å². The summed E-state index contributed by atoms with van der Waals surface area (Å²) in [6, 6.07) is 1.87. The van der Waals surface area contributed by atoms with E-state index in [0.29, 0.717) is 5.88 Å². The average molecular weight is 199 g/mol. The van der Waals surface area contributed by atoms with E-state index in [4.69, 9.17) is 4.74 Å². The van der Waals surface area contributed by atoms with Gasteiger partial charge < -0.3 is 9.53 Å². The van der Waals surface area contributed by atoms with Gasteiger partial charge in [-0.2, -0.15) is 4.37 Å². The third-order valence-electron chi connectivity index (χ3n) is 1.70. The van der Waals surface area contributed by atoms with Gasteiger partial charge in [-0.3, -0.25) is 0 Å². The van der Waals surface area contributed by atoms with Crippen LogP contribution in [0.4, 0.5) is 0 Å². The van der Waals surface area contributed by atoms with Gasteiger partial charge in [-0.1, -0.05) is 13.8 Å². The van der Waals surface area contributed by atoms with Gasteiger partial charge >= 0.3 is 0 Å². The SMILES string of the molecule is COc1cc(CC(C)(C)C=O)sn1. The number of nitrogens with zero attached hydrogens (tertiary/aromatic N) is 1. The van der Waals surface area contributed by atoms with E-state index in [1.54, 1.807) is 7.11 Å². The second-order valence-corrected chi connectivity index (χ2v) is 4.51. The molecule has 0 aliphatic rings. The molecule has 3 nitrogen and oxygen atoms in total. The maximum Gasteiger partial charge on any atom is 0.225 e. The van der Waals surface area contributed by atoms with Crippen LogP contribution in [-0.4, -0.2) is 17.8 Å². The molecule has 72 valence electrons. The number of hydrogen-bond acceptors (Lipinski definition) is 4. The molecule has 0 spiro atoms. The first-order valence-corrected chi connectivity index (χ1v) is 4.80. The Bertz CT molecular complexity index is 294. The highest BCUT2D eigenvalue weighted by Gasteiger charge is 2.18. The summed E-state index contributed by atoms with van der Waals surface area (Å²) in [6.07, 6.45) is 1.69. The fourth-order valence-corrected chi connectivity index (χ4v) is 1.89. The molecule has 0 bridgehead atoms. The summed E-state index contributed by atoms with van der Waals surface area (Å²) in [4.78, 5) is 11.7. The molecule has 0 fully saturated rings. The lowest BCUT2D eigenvalue weighted by Gasteiger charge is -2.13. The number of rotatable bonds is 4. The van der Waals surface area contributed by atoms with E-state index in [9.17, 15) is 4.79 Å². The molecule has 0 saturated carbocycles. The Balaban J connectivity index is 2.69. The lowest BCUT2D eigenvalue weighted by atomic mass is 9.91. The number of methoxy groups -OCH3 is 1. The first kappa shape index (κ1) is 10.2. The van der Waals surface area contributed by atoms with E-state index in [1.807, 2.05) is 19.9 Å². The van der Waals surface area contributed by atoms with Crippen molar-refractivity contribution in [1.82, 2.24) is 4.37 Å². The molecule has 0 saturated heterocycles. The molecule has 1 rings (SSSR count). The molecule has 0 N–H and O–H groups in total. The summed E-state index contributed by atoms with van der Waals surface area (Å²) in [5.74, 6) is 0.627. The summed E-state index contributed by atoms with van der Waals surface area (Å²) in [7, 11) is 1.59. The zero-order chi connectivity index (χ0) is 9.90. The minimum atomic E-state index is -0.308. The molecule has 13 heavy (non-hydrogen) atoms. The number of aromatic nitrogens is 1. The summed E-state index contributed by atoms with van der Waals surface area (Å²) in [5.41, 5.74) is -0.308. The lowest BCUT2D eigenvalue weighted by molar-refractivity contribution is -0.114. The summed E-state index contributed by atoms with van der Waals surface area (Å²) < 4.78 is 9.01. The van der Waals surface area contributed by atoms with Gasteiger partial charge in [-0.25, -0.2) is 0 Å². The van der Waals surface area contributed by atoms with Gasteiger partial charge in [-0.05, 0) is 18.0 Å². The van der Waals surface area contributed by atoms with Crippen molar-refractivity contribution >= 4 is 17.8 Å². The number of hydrogen-bond donors (Lipinski definition) is 0. The van der Waals surface area contributed by atoms with Crippen LogP contribution in [0.2, 0.25) is 0 Å². The van der Waals surface area contributed by atoms with Crippen LogP contribution < -0.4 is 4.74 Å². The molecular weight excluding hydrogens is 186 g/mol. The van der Waals surface area contributed by atoms with Crippen molar-refractivity contribution < 1.29 is 9.53 Å². The van der Waals surface area contributed by atoms with Crippen LogP contribution in [0.25, 0.3) is 0 Å². The molecule has 0 atom stereocenters. The fourth-order valence-electron chi connectivity index (χ4n) is 0.964. The van der Waals surface area contributed by atoms with Crippen LogP contribution in [-0.2, 0) is 11.2 Å². The van der Waals surface area contributed by atoms with Crippen molar-refractivity contribution in [2.45, 2.75) is 20.3 Å². The minimum absolute atomic E-state index is 0.308. The van der Waals surface area contributed by atoms with Crippen LogP contribution in [0.3, 0.4) is 0 Å². The first-order valence-electron chi connectivity index (χ1n) is 4.03. The average Bonchev–Trinajstić information content (AvgIpc) is 2.52. The smallest absolute Gasteiger partial charge is 0.225 e. The predicted octanol–water partition coefficient (Wildman–Crippen LogP) is 1.92. The highest BCUT2D eigenvalue weighted by molar-refractivity contribution is 7.05. The molecule has 1 heterocycles. The Hall–Kier alpha value is -0.900. The second kappa shape index (κ2) is 3.87. The molecule has 0 amide bonds. The molecule has 1 aromatic heterocycles. The normalized spacial score (nSPS) is 11.3. The maximum atomic E-state index is 10.7. The van der Waals surface area contributed by atoms with Gasteiger partial charge in [0.2, 0.25) is 5.88 Å². The van der Waals surface area contributed by atoms with E-state index in [-0.39, 0.29) is 5.41 Å². The van der Waals surface area contributed by atoms with E-state index in [0.717, 1.165) is 17.6 Å². The summed E-state index contributed by atoms with van der Waals surface area (Å²) in [5, 5.41) is 0. The highest BCUT2D eigenvalue weighted by Crippen LogP contribution is 2.24. The third-order valence-corrected chi connectivity index (χ3v) is 2.46. The summed E-state index contributed by atoms with van der Waals surface area (Å²) in [6.45, 7) is 3.82. The summed E-state index contributed by atoms with van der Waals surface area (Å²) >= 11 is 1.38. The van der Waals surface area contributed by atoms with Crippen molar-refractivity contribution in [3.8, 4) is 5.88 Å². The molecule has 0 aliphatic carbocycles. The Morgan fingerprint density at radius 2 is 2.38 bits per heavy atom. The number of ether oxygens (including phenoxy) is 1. The van der Waals surface area contributed by atoms with Crippen LogP contribution in [0.1, 0.15) is 18.7 Å². The molecule has 1 aromatic rings. The fraction of sp³-hybridized carbons (Fsp3) is 0.556. The van der Waals surface area contributed by atoms with E-state index in [1.165, 1.54) is 11.5 Å². The zero-order valence-corrected chi connectivity index (χ0v) is 8.85. The molecule has 0 aliphatic heterocycles. The van der Waals surface area contributed by atoms with E-state index < -0.39 is 0 Å². The second-order valence-electron chi connectivity index (χ2n) is 3.62. The Morgan fingerprint density at radius 1 is 1.69 bits per heavy atom. The van der Waals surface area contributed by atoms with Crippen LogP contribution in [0.5, 0.6) is 5.88 Å². The van der Waals surface area contributed by atoms with Crippen molar-refractivity contribution in [3.63, 3.8) is 0 Å². The van der Waals surface area contributed by atoms with Crippen LogP contribution >= 0.6 is 11.5 Å². The topological polar surface area (TPSA) is 39.2 Å². The number of carbonyl (C=O) groups is 1.